The highest BCUT2D eigenvalue weighted by Gasteiger charge is 2.23. The van der Waals surface area contributed by atoms with Crippen molar-refractivity contribution < 1.29 is 5.11 Å². The van der Waals surface area contributed by atoms with E-state index in [9.17, 15) is 10.4 Å². The maximum atomic E-state index is 10.1. The minimum absolute atomic E-state index is 0.232. The fourth-order valence-corrected chi connectivity index (χ4v) is 3.08. The number of anilines is 1. The highest BCUT2D eigenvalue weighted by Crippen LogP contribution is 2.28. The number of para-hydroxylation sites is 1. The summed E-state index contributed by atoms with van der Waals surface area (Å²) in [5, 5.41) is 23.7. The minimum Gasteiger partial charge on any atom is -0.393 e. The van der Waals surface area contributed by atoms with E-state index in [1.165, 1.54) is 6.42 Å². The average Bonchev–Trinajstić information content (AvgIpc) is 2.53. The summed E-state index contributed by atoms with van der Waals surface area (Å²) in [6.07, 6.45) is 5.59. The maximum Gasteiger partial charge on any atom is 0.103 e. The van der Waals surface area contributed by atoms with Crippen molar-refractivity contribution in [3.8, 4) is 6.07 Å². The molecule has 2 aromatic rings. The minimum atomic E-state index is -0.232. The lowest BCUT2D eigenvalue weighted by atomic mass is 9.86. The highest BCUT2D eigenvalue weighted by atomic mass is 16.3. The highest BCUT2D eigenvalue weighted by molar-refractivity contribution is 5.93. The van der Waals surface area contributed by atoms with Gasteiger partial charge in [0.05, 0.1) is 22.9 Å². The molecule has 0 amide bonds. The second kappa shape index (κ2) is 6.11. The lowest BCUT2D eigenvalue weighted by Crippen LogP contribution is -2.30. The molecule has 1 fully saturated rings. The Balaban J connectivity index is 1.87. The SMILES string of the molecule is N#Cc1cnc2ccccc2c1NCC1CCCCC1O. The van der Waals surface area contributed by atoms with Crippen molar-refractivity contribution in [3.05, 3.63) is 36.0 Å². The molecule has 0 saturated heterocycles. The Morgan fingerprint density at radius 3 is 2.90 bits per heavy atom. The maximum absolute atomic E-state index is 10.1. The van der Waals surface area contributed by atoms with Gasteiger partial charge in [0.25, 0.3) is 0 Å². The van der Waals surface area contributed by atoms with E-state index >= 15 is 0 Å². The number of pyridine rings is 1. The van der Waals surface area contributed by atoms with Gasteiger partial charge in [-0.15, -0.1) is 0 Å². The van der Waals surface area contributed by atoms with Crippen molar-refractivity contribution in [1.29, 1.82) is 5.26 Å². The first-order valence-electron chi connectivity index (χ1n) is 7.49. The van der Waals surface area contributed by atoms with Crippen molar-refractivity contribution in [1.82, 2.24) is 4.98 Å². The Kier molecular flexibility index (Phi) is 4.03. The molecule has 108 valence electrons. The molecule has 2 N–H and O–H groups in total. The van der Waals surface area contributed by atoms with Crippen molar-refractivity contribution >= 4 is 16.6 Å². The molecule has 3 rings (SSSR count). The van der Waals surface area contributed by atoms with Crippen molar-refractivity contribution in [2.24, 2.45) is 5.92 Å². The summed E-state index contributed by atoms with van der Waals surface area (Å²) in [5.41, 5.74) is 2.27. The van der Waals surface area contributed by atoms with Crippen LogP contribution in [0.2, 0.25) is 0 Å². The van der Waals surface area contributed by atoms with Crippen LogP contribution in [0.4, 0.5) is 5.69 Å². The van der Waals surface area contributed by atoms with Crippen LogP contribution in [0.1, 0.15) is 31.2 Å². The molecule has 1 heterocycles. The van der Waals surface area contributed by atoms with E-state index in [4.69, 9.17) is 0 Å². The number of rotatable bonds is 3. The van der Waals surface area contributed by atoms with Gasteiger partial charge >= 0.3 is 0 Å². The van der Waals surface area contributed by atoms with Crippen molar-refractivity contribution in [3.63, 3.8) is 0 Å². The molecule has 0 radical (unpaired) electrons. The molecule has 4 nitrogen and oxygen atoms in total. The van der Waals surface area contributed by atoms with Gasteiger partial charge < -0.3 is 10.4 Å². The summed E-state index contributed by atoms with van der Waals surface area (Å²) in [4.78, 5) is 4.31. The Hall–Kier alpha value is -2.12. The molecular weight excluding hydrogens is 262 g/mol. The van der Waals surface area contributed by atoms with Crippen LogP contribution in [0.3, 0.4) is 0 Å². The van der Waals surface area contributed by atoms with Crippen LogP contribution in [-0.2, 0) is 0 Å². The third kappa shape index (κ3) is 2.84. The summed E-state index contributed by atoms with van der Waals surface area (Å²) in [7, 11) is 0. The summed E-state index contributed by atoms with van der Waals surface area (Å²) < 4.78 is 0. The van der Waals surface area contributed by atoms with E-state index in [0.29, 0.717) is 12.1 Å². The fourth-order valence-electron chi connectivity index (χ4n) is 3.08. The van der Waals surface area contributed by atoms with Crippen LogP contribution in [0.25, 0.3) is 10.9 Å². The van der Waals surface area contributed by atoms with Crippen molar-refractivity contribution in [2.75, 3.05) is 11.9 Å². The zero-order valence-electron chi connectivity index (χ0n) is 11.9. The van der Waals surface area contributed by atoms with E-state index in [1.54, 1.807) is 6.20 Å². The number of nitrogens with one attached hydrogen (secondary N) is 1. The van der Waals surface area contributed by atoms with Crippen LogP contribution >= 0.6 is 0 Å². The second-order valence-electron chi connectivity index (χ2n) is 5.67. The lowest BCUT2D eigenvalue weighted by molar-refractivity contribution is 0.0763. The molecule has 1 aliphatic rings. The molecule has 1 aromatic heterocycles. The summed E-state index contributed by atoms with van der Waals surface area (Å²) in [5.74, 6) is 0.261. The van der Waals surface area contributed by atoms with E-state index in [2.05, 4.69) is 16.4 Å². The standard InChI is InChI=1S/C17H19N3O/c18-9-13-11-19-15-7-3-2-6-14(15)17(13)20-10-12-5-1-4-8-16(12)21/h2-3,6-7,11-12,16,21H,1,4-5,8,10H2,(H,19,20). The number of aliphatic hydroxyl groups is 1. The normalized spacial score (nSPS) is 21.9. The predicted molar refractivity (Wildman–Crippen MR) is 82.9 cm³/mol. The number of fused-ring (bicyclic) bond motifs is 1. The molecule has 2 unspecified atom stereocenters. The number of benzene rings is 1. The molecule has 21 heavy (non-hydrogen) atoms. The van der Waals surface area contributed by atoms with Gasteiger partial charge in [-0.1, -0.05) is 31.0 Å². The Bertz CT molecular complexity index is 677. The van der Waals surface area contributed by atoms with Gasteiger partial charge in [0.2, 0.25) is 0 Å². The van der Waals surface area contributed by atoms with E-state index in [-0.39, 0.29) is 12.0 Å². The van der Waals surface area contributed by atoms with Gasteiger partial charge in [-0.05, 0) is 18.9 Å². The van der Waals surface area contributed by atoms with Gasteiger partial charge in [0.1, 0.15) is 6.07 Å². The lowest BCUT2D eigenvalue weighted by Gasteiger charge is -2.28. The smallest absolute Gasteiger partial charge is 0.103 e. The van der Waals surface area contributed by atoms with Gasteiger partial charge in [-0.3, -0.25) is 4.98 Å². The van der Waals surface area contributed by atoms with Crippen LogP contribution < -0.4 is 5.32 Å². The van der Waals surface area contributed by atoms with E-state index < -0.39 is 0 Å². The molecule has 0 bridgehead atoms. The number of aliphatic hydroxyl groups excluding tert-OH is 1. The molecular formula is C17H19N3O. The third-order valence-electron chi connectivity index (χ3n) is 4.31. The molecule has 0 spiro atoms. The first kappa shape index (κ1) is 13.8. The zero-order valence-corrected chi connectivity index (χ0v) is 11.9. The Morgan fingerprint density at radius 1 is 1.29 bits per heavy atom. The molecule has 1 saturated carbocycles. The third-order valence-corrected chi connectivity index (χ3v) is 4.31. The first-order chi connectivity index (χ1) is 10.3. The Labute approximate surface area is 124 Å². The molecule has 2 atom stereocenters. The van der Waals surface area contributed by atoms with Gasteiger partial charge in [-0.2, -0.15) is 5.26 Å². The Morgan fingerprint density at radius 2 is 2.10 bits per heavy atom. The first-order valence-corrected chi connectivity index (χ1v) is 7.49. The summed E-state index contributed by atoms with van der Waals surface area (Å²) in [6.45, 7) is 0.698. The number of nitriles is 1. The molecule has 1 aliphatic carbocycles. The van der Waals surface area contributed by atoms with E-state index in [0.717, 1.165) is 35.9 Å². The van der Waals surface area contributed by atoms with E-state index in [1.807, 2.05) is 24.3 Å². The zero-order chi connectivity index (χ0) is 14.7. The monoisotopic (exact) mass is 281 g/mol. The number of nitrogens with zero attached hydrogens (tertiary/aromatic N) is 2. The van der Waals surface area contributed by atoms with Crippen LogP contribution in [0.5, 0.6) is 0 Å². The molecule has 1 aromatic carbocycles. The molecule has 4 heteroatoms. The van der Waals surface area contributed by atoms with Gasteiger partial charge in [0.15, 0.2) is 0 Å². The van der Waals surface area contributed by atoms with Crippen LogP contribution in [0, 0.1) is 17.2 Å². The number of aromatic nitrogens is 1. The quantitative estimate of drug-likeness (QED) is 0.907. The fraction of sp³-hybridized carbons (Fsp3) is 0.412. The summed E-state index contributed by atoms with van der Waals surface area (Å²) >= 11 is 0. The predicted octanol–water partition coefficient (Wildman–Crippen LogP) is 3.07. The largest absolute Gasteiger partial charge is 0.393 e. The number of hydrogen-bond acceptors (Lipinski definition) is 4. The van der Waals surface area contributed by atoms with Gasteiger partial charge in [0, 0.05) is 24.0 Å². The average molecular weight is 281 g/mol. The van der Waals surface area contributed by atoms with Gasteiger partial charge in [-0.25, -0.2) is 0 Å². The van der Waals surface area contributed by atoms with Crippen LogP contribution in [0.15, 0.2) is 30.5 Å². The van der Waals surface area contributed by atoms with Crippen LogP contribution in [-0.4, -0.2) is 22.7 Å². The summed E-state index contributed by atoms with van der Waals surface area (Å²) in [6, 6.07) is 10.0. The van der Waals surface area contributed by atoms with Crippen molar-refractivity contribution in [2.45, 2.75) is 31.8 Å². The second-order valence-corrected chi connectivity index (χ2v) is 5.67. The molecule has 0 aliphatic heterocycles. The number of hydrogen-bond donors (Lipinski definition) is 2. The topological polar surface area (TPSA) is 68.9 Å².